The van der Waals surface area contributed by atoms with Gasteiger partial charge in [-0.05, 0) is 25.5 Å². The highest BCUT2D eigenvalue weighted by Crippen LogP contribution is 2.27. The van der Waals surface area contributed by atoms with E-state index in [4.69, 9.17) is 0 Å². The molecule has 2 unspecified atom stereocenters. The Hall–Kier alpha value is -1.62. The van der Waals surface area contributed by atoms with Gasteiger partial charge in [0, 0.05) is 19.6 Å². The first kappa shape index (κ1) is 13.8. The van der Waals surface area contributed by atoms with Crippen molar-refractivity contribution in [1.29, 1.82) is 0 Å². The number of rotatable bonds is 2. The van der Waals surface area contributed by atoms with Gasteiger partial charge in [-0.2, -0.15) is 0 Å². The lowest BCUT2D eigenvalue weighted by atomic mass is 10.1. The molecule has 19 heavy (non-hydrogen) atoms. The average Bonchev–Trinajstić information content (AvgIpc) is 2.51. The van der Waals surface area contributed by atoms with Gasteiger partial charge in [0.05, 0.1) is 12.3 Å². The molecule has 0 saturated carbocycles. The molecule has 0 spiro atoms. The largest absolute Gasteiger partial charge is 0.394 e. The van der Waals surface area contributed by atoms with E-state index in [0.717, 1.165) is 6.42 Å². The monoisotopic (exact) mass is 266 g/mol. The highest BCUT2D eigenvalue weighted by molar-refractivity contribution is 5.86. The van der Waals surface area contributed by atoms with Crippen LogP contribution in [0.2, 0.25) is 0 Å². The molecule has 0 radical (unpaired) electrons. The number of likely N-dealkylation sites (N-methyl/N-ethyl adjacent to an activating group) is 1. The molecule has 2 rings (SSSR count). The van der Waals surface area contributed by atoms with Crippen molar-refractivity contribution in [3.8, 4) is 0 Å². The van der Waals surface area contributed by atoms with E-state index in [9.17, 15) is 14.3 Å². The third-order valence-corrected chi connectivity index (χ3v) is 3.66. The molecular weight excluding hydrogens is 247 g/mol. The molecule has 1 fully saturated rings. The molecule has 0 bridgehead atoms. The second kappa shape index (κ2) is 5.57. The van der Waals surface area contributed by atoms with Crippen LogP contribution in [0.4, 0.5) is 10.1 Å². The summed E-state index contributed by atoms with van der Waals surface area (Å²) in [7, 11) is 1.71. The van der Waals surface area contributed by atoms with Gasteiger partial charge < -0.3 is 14.9 Å². The van der Waals surface area contributed by atoms with Gasteiger partial charge in [-0.15, -0.1) is 0 Å². The third-order valence-electron chi connectivity index (χ3n) is 3.66. The summed E-state index contributed by atoms with van der Waals surface area (Å²) in [5, 5.41) is 9.53. The molecular formula is C14H19FN2O2. The summed E-state index contributed by atoms with van der Waals surface area (Å²) in [5.41, 5.74) is 0.373. The fourth-order valence-electron chi connectivity index (χ4n) is 2.54. The maximum Gasteiger partial charge on any atom is 0.247 e. The van der Waals surface area contributed by atoms with Gasteiger partial charge in [0.2, 0.25) is 5.91 Å². The van der Waals surface area contributed by atoms with Gasteiger partial charge >= 0.3 is 0 Å². The molecule has 1 aliphatic rings. The van der Waals surface area contributed by atoms with E-state index in [2.05, 4.69) is 0 Å². The summed E-state index contributed by atoms with van der Waals surface area (Å²) in [6.07, 6.45) is 0.743. The maximum absolute atomic E-state index is 14.0. The molecule has 104 valence electrons. The van der Waals surface area contributed by atoms with E-state index >= 15 is 0 Å². The molecule has 4 nitrogen and oxygen atoms in total. The van der Waals surface area contributed by atoms with Crippen molar-refractivity contribution in [2.45, 2.75) is 25.4 Å². The number of halogens is 1. The van der Waals surface area contributed by atoms with E-state index in [1.54, 1.807) is 35.0 Å². The topological polar surface area (TPSA) is 43.8 Å². The first-order chi connectivity index (χ1) is 9.06. The Morgan fingerprint density at radius 2 is 2.11 bits per heavy atom. The highest BCUT2D eigenvalue weighted by Gasteiger charge is 2.35. The highest BCUT2D eigenvalue weighted by atomic mass is 19.1. The quantitative estimate of drug-likeness (QED) is 0.876. The lowest BCUT2D eigenvalue weighted by Crippen LogP contribution is -2.50. The summed E-state index contributed by atoms with van der Waals surface area (Å²) in [4.78, 5) is 15.5. The zero-order chi connectivity index (χ0) is 14.0. The van der Waals surface area contributed by atoms with Crippen LogP contribution in [0.5, 0.6) is 0 Å². The first-order valence-electron chi connectivity index (χ1n) is 6.45. The number of hydrogen-bond acceptors (Lipinski definition) is 3. The van der Waals surface area contributed by atoms with Gasteiger partial charge in [-0.25, -0.2) is 4.39 Å². The van der Waals surface area contributed by atoms with Gasteiger partial charge in [0.25, 0.3) is 0 Å². The number of hydrogen-bond donors (Lipinski definition) is 1. The number of aliphatic hydroxyl groups excluding tert-OH is 1. The number of carbonyl (C=O) groups excluding carboxylic acids is 1. The van der Waals surface area contributed by atoms with Crippen LogP contribution in [0.15, 0.2) is 24.3 Å². The average molecular weight is 266 g/mol. The Morgan fingerprint density at radius 1 is 1.42 bits per heavy atom. The molecule has 0 aliphatic carbocycles. The van der Waals surface area contributed by atoms with Crippen LogP contribution in [0, 0.1) is 5.82 Å². The number of aliphatic hydroxyl groups is 1. The Labute approximate surface area is 112 Å². The molecule has 1 aromatic rings. The van der Waals surface area contributed by atoms with Crippen molar-refractivity contribution in [3.05, 3.63) is 30.1 Å². The normalized spacial score (nSPS) is 24.5. The van der Waals surface area contributed by atoms with E-state index < -0.39 is 6.04 Å². The molecule has 2 atom stereocenters. The van der Waals surface area contributed by atoms with E-state index in [1.165, 1.54) is 6.07 Å². The van der Waals surface area contributed by atoms with Crippen molar-refractivity contribution in [2.75, 3.05) is 25.1 Å². The Bertz CT molecular complexity index is 467. The number of carbonyl (C=O) groups is 1. The number of para-hydroxylation sites is 1. The standard InChI is InChI=1S/C14H19FN2O2/c1-10-7-8-16(2)14(19)13(9-18)17(10)12-6-4-3-5-11(12)15/h3-6,10,13,18H,7-9H2,1-2H3. The van der Waals surface area contributed by atoms with Crippen LogP contribution in [-0.4, -0.2) is 48.2 Å². The van der Waals surface area contributed by atoms with Crippen LogP contribution in [0.3, 0.4) is 0 Å². The van der Waals surface area contributed by atoms with Gasteiger partial charge in [-0.3, -0.25) is 4.79 Å². The zero-order valence-electron chi connectivity index (χ0n) is 11.2. The van der Waals surface area contributed by atoms with Crippen LogP contribution in [0.1, 0.15) is 13.3 Å². The van der Waals surface area contributed by atoms with E-state index in [0.29, 0.717) is 12.2 Å². The van der Waals surface area contributed by atoms with Gasteiger partial charge in [-0.1, -0.05) is 12.1 Å². The van der Waals surface area contributed by atoms with Crippen LogP contribution >= 0.6 is 0 Å². The summed E-state index contributed by atoms with van der Waals surface area (Å²) in [5.74, 6) is -0.541. The minimum absolute atomic E-state index is 0.0112. The maximum atomic E-state index is 14.0. The van der Waals surface area contributed by atoms with Crippen molar-refractivity contribution < 1.29 is 14.3 Å². The zero-order valence-corrected chi connectivity index (χ0v) is 11.2. The molecule has 1 aromatic carbocycles. The fraction of sp³-hybridized carbons (Fsp3) is 0.500. The van der Waals surface area contributed by atoms with Gasteiger partial charge in [0.15, 0.2) is 0 Å². The lowest BCUT2D eigenvalue weighted by molar-refractivity contribution is -0.131. The first-order valence-corrected chi connectivity index (χ1v) is 6.45. The predicted octanol–water partition coefficient (Wildman–Crippen LogP) is 1.24. The number of nitrogens with zero attached hydrogens (tertiary/aromatic N) is 2. The molecule has 1 heterocycles. The lowest BCUT2D eigenvalue weighted by Gasteiger charge is -2.34. The van der Waals surface area contributed by atoms with Crippen molar-refractivity contribution in [1.82, 2.24) is 4.90 Å². The van der Waals surface area contributed by atoms with Crippen molar-refractivity contribution in [2.24, 2.45) is 0 Å². The minimum Gasteiger partial charge on any atom is -0.394 e. The number of anilines is 1. The Morgan fingerprint density at radius 3 is 2.74 bits per heavy atom. The summed E-state index contributed by atoms with van der Waals surface area (Å²) in [6.45, 7) is 2.24. The summed E-state index contributed by atoms with van der Waals surface area (Å²) >= 11 is 0. The second-order valence-corrected chi connectivity index (χ2v) is 4.95. The van der Waals surface area contributed by atoms with E-state index in [-0.39, 0.29) is 24.4 Å². The smallest absolute Gasteiger partial charge is 0.247 e. The SMILES string of the molecule is CC1CCN(C)C(=O)C(CO)N1c1ccccc1F. The van der Waals surface area contributed by atoms with Crippen LogP contribution < -0.4 is 4.90 Å². The predicted molar refractivity (Wildman–Crippen MR) is 71.5 cm³/mol. The molecule has 1 aliphatic heterocycles. The second-order valence-electron chi connectivity index (χ2n) is 4.95. The van der Waals surface area contributed by atoms with Crippen LogP contribution in [0.25, 0.3) is 0 Å². The Balaban J connectivity index is 2.44. The molecule has 1 amide bonds. The minimum atomic E-state index is -0.723. The molecule has 1 N–H and O–H groups in total. The van der Waals surface area contributed by atoms with Crippen LogP contribution in [-0.2, 0) is 4.79 Å². The molecule has 5 heteroatoms. The Kier molecular flexibility index (Phi) is 4.04. The van der Waals surface area contributed by atoms with Crippen molar-refractivity contribution >= 4 is 11.6 Å². The van der Waals surface area contributed by atoms with Crippen molar-refractivity contribution in [3.63, 3.8) is 0 Å². The molecule has 1 saturated heterocycles. The van der Waals surface area contributed by atoms with E-state index in [1.807, 2.05) is 6.92 Å². The summed E-state index contributed by atoms with van der Waals surface area (Å²) in [6, 6.07) is 5.63. The fourth-order valence-corrected chi connectivity index (χ4v) is 2.54. The van der Waals surface area contributed by atoms with Gasteiger partial charge in [0.1, 0.15) is 11.9 Å². The number of benzene rings is 1. The summed E-state index contributed by atoms with van der Waals surface area (Å²) < 4.78 is 14.0. The number of amides is 1. The molecule has 0 aromatic heterocycles. The third kappa shape index (κ3) is 2.56.